The van der Waals surface area contributed by atoms with Gasteiger partial charge in [-0.25, -0.2) is 9.67 Å². The van der Waals surface area contributed by atoms with Gasteiger partial charge in [0.25, 0.3) is 0 Å². The van der Waals surface area contributed by atoms with Crippen molar-refractivity contribution in [2.45, 2.75) is 81.1 Å². The summed E-state index contributed by atoms with van der Waals surface area (Å²) < 4.78 is 11.2. The van der Waals surface area contributed by atoms with Crippen LogP contribution in [0.5, 0.6) is 11.5 Å². The molecule has 0 aliphatic rings. The van der Waals surface area contributed by atoms with Gasteiger partial charge < -0.3 is 4.74 Å². The third-order valence-electron chi connectivity index (χ3n) is 10.5. The van der Waals surface area contributed by atoms with Crippen LogP contribution in [0.25, 0.3) is 44.4 Å². The zero-order valence-electron chi connectivity index (χ0n) is 31.6. The summed E-state index contributed by atoms with van der Waals surface area (Å²) >= 11 is 0. The molecule has 5 nitrogen and oxygen atoms in total. The fourth-order valence-electron chi connectivity index (χ4n) is 7.22. The Kier molecular flexibility index (Phi) is 9.09. The minimum absolute atomic E-state index is 0.157. The summed E-state index contributed by atoms with van der Waals surface area (Å²) in [5.74, 6) is 3.50. The van der Waals surface area contributed by atoms with Crippen LogP contribution in [-0.4, -0.2) is 19.3 Å². The van der Waals surface area contributed by atoms with E-state index in [0.717, 1.165) is 58.3 Å². The second kappa shape index (κ2) is 13.5. The van der Waals surface area contributed by atoms with Crippen LogP contribution >= 0.6 is 0 Å². The number of hydrogen-bond donors (Lipinski definition) is 0. The standard InChI is InChI=1S/C46H50N4O/c1-29(2)15-16-34-24-37(50-33(6)45(32(5)48-50)35-13-11-10-12-14-35)27-39(25-34)51-38-18-19-40-41-26-36(31(4)46(7,8)9)17-20-42(41)49(43(40)28-38)44-23-30(3)21-22-47-44/h10-14,17-29,31H,15-16H2,1-9H3. The molecule has 0 fully saturated rings. The molecular formula is C46H50N4O. The molecule has 7 rings (SSSR count). The van der Waals surface area contributed by atoms with Crippen LogP contribution in [0.15, 0.2) is 103 Å². The predicted octanol–water partition coefficient (Wildman–Crippen LogP) is 12.5. The van der Waals surface area contributed by atoms with Gasteiger partial charge in [0.15, 0.2) is 0 Å². The lowest BCUT2D eigenvalue weighted by atomic mass is 9.77. The van der Waals surface area contributed by atoms with Crippen LogP contribution in [0.2, 0.25) is 0 Å². The van der Waals surface area contributed by atoms with Crippen LogP contribution in [0.4, 0.5) is 0 Å². The third-order valence-corrected chi connectivity index (χ3v) is 10.5. The van der Waals surface area contributed by atoms with Crippen molar-refractivity contribution in [3.05, 3.63) is 131 Å². The minimum atomic E-state index is 0.157. The third kappa shape index (κ3) is 6.82. The predicted molar refractivity (Wildman–Crippen MR) is 213 cm³/mol. The molecule has 1 atom stereocenters. The first kappa shape index (κ1) is 34.3. The van der Waals surface area contributed by atoms with Crippen molar-refractivity contribution >= 4 is 21.8 Å². The number of nitrogens with zero attached hydrogens (tertiary/aromatic N) is 4. The molecule has 260 valence electrons. The van der Waals surface area contributed by atoms with Crippen molar-refractivity contribution < 1.29 is 4.74 Å². The van der Waals surface area contributed by atoms with Crippen LogP contribution in [-0.2, 0) is 6.42 Å². The van der Waals surface area contributed by atoms with E-state index in [-0.39, 0.29) is 5.41 Å². The van der Waals surface area contributed by atoms with E-state index in [9.17, 15) is 0 Å². The summed E-state index contributed by atoms with van der Waals surface area (Å²) in [5.41, 5.74) is 11.6. The first-order chi connectivity index (χ1) is 24.4. The molecular weight excluding hydrogens is 625 g/mol. The van der Waals surface area contributed by atoms with Crippen molar-refractivity contribution in [2.24, 2.45) is 11.3 Å². The molecule has 51 heavy (non-hydrogen) atoms. The van der Waals surface area contributed by atoms with Gasteiger partial charge >= 0.3 is 0 Å². The quantitative estimate of drug-likeness (QED) is 0.153. The van der Waals surface area contributed by atoms with Crippen LogP contribution < -0.4 is 4.74 Å². The van der Waals surface area contributed by atoms with Crippen molar-refractivity contribution in [1.82, 2.24) is 19.3 Å². The topological polar surface area (TPSA) is 44.9 Å². The number of aryl methyl sites for hydroxylation is 3. The number of fused-ring (bicyclic) bond motifs is 3. The Morgan fingerprint density at radius 1 is 0.745 bits per heavy atom. The Balaban J connectivity index is 1.35. The van der Waals surface area contributed by atoms with Gasteiger partial charge in [-0.15, -0.1) is 0 Å². The zero-order chi connectivity index (χ0) is 36.0. The first-order valence-corrected chi connectivity index (χ1v) is 18.3. The molecule has 7 aromatic rings. The Bertz CT molecular complexity index is 2350. The lowest BCUT2D eigenvalue weighted by molar-refractivity contribution is 0.340. The number of benzene rings is 4. The molecule has 0 saturated carbocycles. The van der Waals surface area contributed by atoms with Gasteiger partial charge in [-0.2, -0.15) is 5.10 Å². The van der Waals surface area contributed by atoms with Crippen LogP contribution in [0, 0.1) is 32.1 Å². The van der Waals surface area contributed by atoms with Crippen LogP contribution in [0.3, 0.4) is 0 Å². The van der Waals surface area contributed by atoms with E-state index in [1.807, 2.05) is 12.3 Å². The van der Waals surface area contributed by atoms with Gasteiger partial charge in [0.05, 0.1) is 22.4 Å². The van der Waals surface area contributed by atoms with Gasteiger partial charge in [0.2, 0.25) is 0 Å². The highest BCUT2D eigenvalue weighted by molar-refractivity contribution is 6.09. The van der Waals surface area contributed by atoms with Crippen LogP contribution in [0.1, 0.15) is 82.0 Å². The Labute approximate surface area is 302 Å². The van der Waals surface area contributed by atoms with E-state index in [2.05, 4.69) is 163 Å². The monoisotopic (exact) mass is 674 g/mol. The average molecular weight is 675 g/mol. The number of rotatable bonds is 9. The minimum Gasteiger partial charge on any atom is -0.457 e. The van der Waals surface area contributed by atoms with E-state index in [1.165, 1.54) is 38.6 Å². The second-order valence-corrected chi connectivity index (χ2v) is 15.8. The SMILES string of the molecule is Cc1ccnc(-n2c3ccc(C(C)C(C)(C)C)cc3c3ccc(Oc4cc(CCC(C)C)cc(-n5nc(C)c(-c6ccccc6)c5C)c4)cc32)c1. The average Bonchev–Trinajstić information content (AvgIpc) is 3.58. The van der Waals surface area contributed by atoms with Crippen molar-refractivity contribution in [2.75, 3.05) is 0 Å². The fourth-order valence-corrected chi connectivity index (χ4v) is 7.22. The molecule has 1 unspecified atom stereocenters. The van der Waals surface area contributed by atoms with E-state index < -0.39 is 0 Å². The number of hydrogen-bond acceptors (Lipinski definition) is 3. The summed E-state index contributed by atoms with van der Waals surface area (Å²) in [4.78, 5) is 4.84. The van der Waals surface area contributed by atoms with Crippen molar-refractivity contribution in [3.63, 3.8) is 0 Å². The molecule has 0 aliphatic heterocycles. The first-order valence-electron chi connectivity index (χ1n) is 18.3. The number of pyridine rings is 1. The molecule has 0 N–H and O–H groups in total. The van der Waals surface area contributed by atoms with E-state index >= 15 is 0 Å². The largest absolute Gasteiger partial charge is 0.457 e. The highest BCUT2D eigenvalue weighted by Crippen LogP contribution is 2.40. The van der Waals surface area contributed by atoms with E-state index in [1.54, 1.807) is 0 Å². The lowest BCUT2D eigenvalue weighted by Gasteiger charge is -2.27. The molecule has 3 heterocycles. The van der Waals surface area contributed by atoms with Crippen molar-refractivity contribution in [3.8, 4) is 34.1 Å². The molecule has 4 aromatic carbocycles. The summed E-state index contributed by atoms with van der Waals surface area (Å²) in [7, 11) is 0. The van der Waals surface area contributed by atoms with E-state index in [0.29, 0.717) is 11.8 Å². The van der Waals surface area contributed by atoms with Crippen molar-refractivity contribution in [1.29, 1.82) is 0 Å². The highest BCUT2D eigenvalue weighted by atomic mass is 16.5. The maximum absolute atomic E-state index is 6.80. The fraction of sp³-hybridized carbons (Fsp3) is 0.304. The normalized spacial score (nSPS) is 12.7. The van der Waals surface area contributed by atoms with Gasteiger partial charge in [-0.05, 0) is 122 Å². The number of aromatic nitrogens is 4. The summed E-state index contributed by atoms with van der Waals surface area (Å²) in [5, 5.41) is 7.46. The summed E-state index contributed by atoms with van der Waals surface area (Å²) in [6.07, 6.45) is 3.96. The lowest BCUT2D eigenvalue weighted by Crippen LogP contribution is -2.15. The second-order valence-electron chi connectivity index (χ2n) is 15.8. The van der Waals surface area contributed by atoms with Gasteiger partial charge in [0.1, 0.15) is 17.3 Å². The van der Waals surface area contributed by atoms with Gasteiger partial charge in [0, 0.05) is 40.4 Å². The molecule has 3 aromatic heterocycles. The highest BCUT2D eigenvalue weighted by Gasteiger charge is 2.24. The maximum Gasteiger partial charge on any atom is 0.137 e. The maximum atomic E-state index is 6.80. The molecule has 0 amide bonds. The Hall–Kier alpha value is -5.16. The smallest absolute Gasteiger partial charge is 0.137 e. The molecule has 0 radical (unpaired) electrons. The Morgan fingerprint density at radius 2 is 1.53 bits per heavy atom. The molecule has 5 heteroatoms. The van der Waals surface area contributed by atoms with E-state index in [4.69, 9.17) is 14.8 Å². The van der Waals surface area contributed by atoms with Gasteiger partial charge in [-0.3, -0.25) is 4.57 Å². The number of ether oxygens (including phenoxy) is 1. The summed E-state index contributed by atoms with van der Waals surface area (Å²) in [6, 6.07) is 34.7. The molecule has 0 spiro atoms. The Morgan fingerprint density at radius 3 is 2.25 bits per heavy atom. The molecule has 0 saturated heterocycles. The van der Waals surface area contributed by atoms with Gasteiger partial charge in [-0.1, -0.05) is 77.9 Å². The molecule has 0 aliphatic carbocycles. The zero-order valence-corrected chi connectivity index (χ0v) is 31.6. The molecule has 0 bridgehead atoms. The summed E-state index contributed by atoms with van der Waals surface area (Å²) in [6.45, 7) is 20.2.